The number of rotatable bonds is 1. The third kappa shape index (κ3) is 2.02. The second kappa shape index (κ2) is 4.91. The normalized spacial score (nSPS) is 14.4. The van der Waals surface area contributed by atoms with Crippen LogP contribution in [0.1, 0.15) is 17.1 Å². The number of nitrogens with zero attached hydrogens (tertiary/aromatic N) is 6. The quantitative estimate of drug-likeness (QED) is 0.689. The summed E-state index contributed by atoms with van der Waals surface area (Å²) >= 11 is 6.45. The van der Waals surface area contributed by atoms with Crippen LogP contribution in [0.15, 0.2) is 18.5 Å². The SMILES string of the molecule is Cc1nn(C)c2nc(N3CCc4nccnc4C3)cc(Cl)c12. The van der Waals surface area contributed by atoms with E-state index in [1.807, 2.05) is 20.0 Å². The molecule has 0 fully saturated rings. The van der Waals surface area contributed by atoms with Gasteiger partial charge in [-0.3, -0.25) is 14.6 Å². The van der Waals surface area contributed by atoms with Gasteiger partial charge in [0.05, 0.1) is 34.0 Å². The number of hydrogen-bond acceptors (Lipinski definition) is 5. The number of halogens is 1. The molecule has 0 unspecified atom stereocenters. The topological polar surface area (TPSA) is 59.7 Å². The second-order valence-electron chi connectivity index (χ2n) is 5.49. The summed E-state index contributed by atoms with van der Waals surface area (Å²) in [7, 11) is 1.89. The molecule has 1 aliphatic rings. The van der Waals surface area contributed by atoms with E-state index in [1.165, 1.54) is 0 Å². The molecule has 4 rings (SSSR count). The zero-order chi connectivity index (χ0) is 15.3. The van der Waals surface area contributed by atoms with Crippen molar-refractivity contribution < 1.29 is 0 Å². The fourth-order valence-corrected chi connectivity index (χ4v) is 3.29. The van der Waals surface area contributed by atoms with Crippen LogP contribution < -0.4 is 4.90 Å². The van der Waals surface area contributed by atoms with Crippen molar-refractivity contribution in [3.8, 4) is 0 Å². The Morgan fingerprint density at radius 3 is 2.77 bits per heavy atom. The van der Waals surface area contributed by atoms with Crippen LogP contribution in [0.4, 0.5) is 5.82 Å². The van der Waals surface area contributed by atoms with Gasteiger partial charge in [-0.05, 0) is 6.92 Å². The predicted octanol–water partition coefficient (Wildman–Crippen LogP) is 2.28. The first-order chi connectivity index (χ1) is 10.6. The maximum atomic E-state index is 6.45. The molecule has 0 atom stereocenters. The molecular weight excluding hydrogens is 300 g/mol. The molecule has 3 aromatic heterocycles. The first-order valence-corrected chi connectivity index (χ1v) is 7.55. The van der Waals surface area contributed by atoms with E-state index in [0.29, 0.717) is 11.6 Å². The molecule has 0 spiro atoms. The van der Waals surface area contributed by atoms with Crippen LogP contribution in [0.25, 0.3) is 11.0 Å². The van der Waals surface area contributed by atoms with E-state index < -0.39 is 0 Å². The molecule has 0 saturated carbocycles. The van der Waals surface area contributed by atoms with E-state index in [-0.39, 0.29) is 0 Å². The number of pyridine rings is 1. The molecular formula is C15H15ClN6. The van der Waals surface area contributed by atoms with Gasteiger partial charge in [0.2, 0.25) is 0 Å². The Balaban J connectivity index is 1.78. The van der Waals surface area contributed by atoms with Crippen molar-refractivity contribution in [2.24, 2.45) is 7.05 Å². The third-order valence-electron chi connectivity index (χ3n) is 4.05. The number of fused-ring (bicyclic) bond motifs is 2. The van der Waals surface area contributed by atoms with Gasteiger partial charge in [0.25, 0.3) is 0 Å². The average molecular weight is 315 g/mol. The molecule has 0 saturated heterocycles. The zero-order valence-electron chi connectivity index (χ0n) is 12.4. The molecule has 0 aromatic carbocycles. The Bertz CT molecular complexity index is 872. The van der Waals surface area contributed by atoms with Crippen molar-refractivity contribution in [1.29, 1.82) is 0 Å². The Morgan fingerprint density at radius 1 is 1.18 bits per heavy atom. The number of aryl methyl sites for hydroxylation is 2. The molecule has 0 radical (unpaired) electrons. The molecule has 0 bridgehead atoms. The summed E-state index contributed by atoms with van der Waals surface area (Å²) in [5.74, 6) is 0.858. The van der Waals surface area contributed by atoms with E-state index in [9.17, 15) is 0 Å². The van der Waals surface area contributed by atoms with Gasteiger partial charge in [0.1, 0.15) is 5.82 Å². The van der Waals surface area contributed by atoms with Gasteiger partial charge in [-0.2, -0.15) is 5.10 Å². The largest absolute Gasteiger partial charge is 0.350 e. The van der Waals surface area contributed by atoms with Crippen LogP contribution in [-0.2, 0) is 20.0 Å². The van der Waals surface area contributed by atoms with Gasteiger partial charge < -0.3 is 4.90 Å². The summed E-state index contributed by atoms with van der Waals surface area (Å²) in [6.45, 7) is 3.51. The molecule has 1 aliphatic heterocycles. The summed E-state index contributed by atoms with van der Waals surface area (Å²) in [5.41, 5.74) is 3.79. The highest BCUT2D eigenvalue weighted by atomic mass is 35.5. The van der Waals surface area contributed by atoms with Crippen molar-refractivity contribution in [3.05, 3.63) is 40.6 Å². The Morgan fingerprint density at radius 2 is 1.95 bits per heavy atom. The molecule has 0 aliphatic carbocycles. The van der Waals surface area contributed by atoms with Crippen molar-refractivity contribution in [2.75, 3.05) is 11.4 Å². The smallest absolute Gasteiger partial charge is 0.161 e. The van der Waals surface area contributed by atoms with Crippen molar-refractivity contribution in [2.45, 2.75) is 19.9 Å². The van der Waals surface area contributed by atoms with Gasteiger partial charge in [-0.25, -0.2) is 4.98 Å². The minimum Gasteiger partial charge on any atom is -0.350 e. The van der Waals surface area contributed by atoms with Crippen LogP contribution in [0.5, 0.6) is 0 Å². The molecule has 0 N–H and O–H groups in total. The number of aromatic nitrogens is 5. The Hall–Kier alpha value is -2.21. The van der Waals surface area contributed by atoms with Crippen LogP contribution in [0.3, 0.4) is 0 Å². The van der Waals surface area contributed by atoms with Crippen LogP contribution in [0, 0.1) is 6.92 Å². The lowest BCUT2D eigenvalue weighted by Gasteiger charge is -2.28. The minimum absolute atomic E-state index is 0.690. The first kappa shape index (κ1) is 13.5. The first-order valence-electron chi connectivity index (χ1n) is 7.17. The molecule has 7 heteroatoms. The van der Waals surface area contributed by atoms with E-state index in [2.05, 4.69) is 20.0 Å². The lowest BCUT2D eigenvalue weighted by atomic mass is 10.1. The maximum absolute atomic E-state index is 6.45. The number of anilines is 1. The van der Waals surface area contributed by atoms with Crippen LogP contribution in [-0.4, -0.2) is 31.3 Å². The predicted molar refractivity (Wildman–Crippen MR) is 85.0 cm³/mol. The zero-order valence-corrected chi connectivity index (χ0v) is 13.2. The molecule has 3 aromatic rings. The fourth-order valence-electron chi connectivity index (χ4n) is 2.97. The molecule has 22 heavy (non-hydrogen) atoms. The van der Waals surface area contributed by atoms with Gasteiger partial charge in [-0.15, -0.1) is 0 Å². The maximum Gasteiger partial charge on any atom is 0.161 e. The van der Waals surface area contributed by atoms with Crippen molar-refractivity contribution in [3.63, 3.8) is 0 Å². The van der Waals surface area contributed by atoms with Crippen LogP contribution in [0.2, 0.25) is 5.02 Å². The molecule has 0 amide bonds. The van der Waals surface area contributed by atoms with E-state index in [0.717, 1.165) is 46.9 Å². The van der Waals surface area contributed by atoms with Crippen LogP contribution >= 0.6 is 11.6 Å². The Kier molecular flexibility index (Phi) is 3.00. The summed E-state index contributed by atoms with van der Waals surface area (Å²) in [4.78, 5) is 15.7. The number of hydrogen-bond donors (Lipinski definition) is 0. The van der Waals surface area contributed by atoms with Gasteiger partial charge in [0, 0.05) is 38.5 Å². The highest BCUT2D eigenvalue weighted by Crippen LogP contribution is 2.30. The van der Waals surface area contributed by atoms with E-state index in [4.69, 9.17) is 16.6 Å². The molecule has 4 heterocycles. The molecule has 112 valence electrons. The summed E-state index contributed by atoms with van der Waals surface area (Å²) in [6.07, 6.45) is 4.34. The minimum atomic E-state index is 0.690. The lowest BCUT2D eigenvalue weighted by molar-refractivity contribution is 0.681. The second-order valence-corrected chi connectivity index (χ2v) is 5.90. The van der Waals surface area contributed by atoms with Crippen molar-refractivity contribution >= 4 is 28.5 Å². The average Bonchev–Trinajstić information content (AvgIpc) is 2.82. The monoisotopic (exact) mass is 314 g/mol. The Labute approximate surface area is 132 Å². The standard InChI is InChI=1S/C15H15ClN6/c1-9-14-10(16)7-13(19-15(14)21(2)20-9)22-6-3-11-12(8-22)18-5-4-17-11/h4-5,7H,3,6,8H2,1-2H3. The van der Waals surface area contributed by atoms with Crippen molar-refractivity contribution in [1.82, 2.24) is 24.7 Å². The lowest BCUT2D eigenvalue weighted by Crippen LogP contribution is -2.32. The summed E-state index contributed by atoms with van der Waals surface area (Å²) in [6, 6.07) is 1.92. The highest BCUT2D eigenvalue weighted by molar-refractivity contribution is 6.35. The summed E-state index contributed by atoms with van der Waals surface area (Å²) in [5, 5.41) is 6.01. The van der Waals surface area contributed by atoms with Gasteiger partial charge >= 0.3 is 0 Å². The van der Waals surface area contributed by atoms with Gasteiger partial charge in [-0.1, -0.05) is 11.6 Å². The van der Waals surface area contributed by atoms with E-state index >= 15 is 0 Å². The highest BCUT2D eigenvalue weighted by Gasteiger charge is 2.21. The fraction of sp³-hybridized carbons (Fsp3) is 0.333. The third-order valence-corrected chi connectivity index (χ3v) is 4.35. The van der Waals surface area contributed by atoms with E-state index in [1.54, 1.807) is 17.1 Å². The molecule has 6 nitrogen and oxygen atoms in total. The van der Waals surface area contributed by atoms with Gasteiger partial charge in [0.15, 0.2) is 5.65 Å². The summed E-state index contributed by atoms with van der Waals surface area (Å²) < 4.78 is 1.78.